The zero-order chi connectivity index (χ0) is 8.43. The van der Waals surface area contributed by atoms with Gasteiger partial charge in [0.2, 0.25) is 0 Å². The summed E-state index contributed by atoms with van der Waals surface area (Å²) >= 11 is 0. The predicted molar refractivity (Wildman–Crippen MR) is 49.2 cm³/mol. The molecule has 0 bridgehead atoms. The van der Waals surface area contributed by atoms with Gasteiger partial charge in [-0.05, 0) is 12.5 Å². The molecule has 0 spiro atoms. The van der Waals surface area contributed by atoms with Crippen LogP contribution < -0.4 is 11.2 Å². The molecule has 0 aromatic heterocycles. The number of anilines is 1. The molecule has 2 nitrogen and oxygen atoms in total. The van der Waals surface area contributed by atoms with Crippen LogP contribution in [0, 0.1) is 6.92 Å². The van der Waals surface area contributed by atoms with Crippen LogP contribution in [-0.4, -0.2) is 14.1 Å². The Bertz CT molecular complexity index is 296. The van der Waals surface area contributed by atoms with Crippen LogP contribution in [0.15, 0.2) is 12.1 Å². The molecule has 1 aromatic rings. The van der Waals surface area contributed by atoms with Gasteiger partial charge in [-0.1, -0.05) is 17.6 Å². The third-order valence-electron chi connectivity index (χ3n) is 1.69. The van der Waals surface area contributed by atoms with E-state index in [1.165, 1.54) is 0 Å². The Labute approximate surface area is 66.8 Å². The monoisotopic (exact) mass is 147 g/mol. The number of benzene rings is 1. The minimum atomic E-state index is 0.586. The third kappa shape index (κ3) is 1.42. The first-order chi connectivity index (χ1) is 5.15. The first-order valence-corrected chi connectivity index (χ1v) is 3.47. The minimum absolute atomic E-state index is 0.586. The largest absolute Gasteiger partial charge is 0.398 e. The van der Waals surface area contributed by atoms with Crippen LogP contribution in [-0.2, 0) is 0 Å². The van der Waals surface area contributed by atoms with Gasteiger partial charge in [-0.2, -0.15) is 0 Å². The van der Waals surface area contributed by atoms with Gasteiger partial charge in [0.15, 0.2) is 6.29 Å². The lowest BCUT2D eigenvalue weighted by Gasteiger charge is -2.03. The molecule has 0 saturated heterocycles. The Kier molecular flexibility index (Phi) is 1.99. The van der Waals surface area contributed by atoms with Crippen molar-refractivity contribution in [3.63, 3.8) is 0 Å². The summed E-state index contributed by atoms with van der Waals surface area (Å²) in [6.07, 6.45) is 0.787. The molecule has 0 aliphatic carbocycles. The van der Waals surface area contributed by atoms with Crippen LogP contribution in [0.4, 0.5) is 5.69 Å². The van der Waals surface area contributed by atoms with E-state index in [0.717, 1.165) is 17.3 Å². The van der Waals surface area contributed by atoms with Crippen molar-refractivity contribution >= 4 is 25.3 Å². The summed E-state index contributed by atoms with van der Waals surface area (Å²) < 4.78 is 0. The molecule has 1 rings (SSSR count). The molecule has 11 heavy (non-hydrogen) atoms. The van der Waals surface area contributed by atoms with Gasteiger partial charge < -0.3 is 5.73 Å². The summed E-state index contributed by atoms with van der Waals surface area (Å²) in [6.45, 7) is 1.90. The minimum Gasteiger partial charge on any atom is -0.398 e. The number of aldehydes is 1. The van der Waals surface area contributed by atoms with Gasteiger partial charge >= 0.3 is 0 Å². The Hall–Kier alpha value is -1.25. The average Bonchev–Trinajstić information content (AvgIpc) is 1.96. The van der Waals surface area contributed by atoms with E-state index in [-0.39, 0.29) is 0 Å². The maximum atomic E-state index is 10.5. The van der Waals surface area contributed by atoms with E-state index in [0.29, 0.717) is 11.3 Å². The molecule has 0 fully saturated rings. The van der Waals surface area contributed by atoms with Crippen molar-refractivity contribution in [1.29, 1.82) is 0 Å². The summed E-state index contributed by atoms with van der Waals surface area (Å²) in [5.41, 5.74) is 8.84. The van der Waals surface area contributed by atoms with Crippen molar-refractivity contribution in [3.8, 4) is 0 Å². The normalized spacial score (nSPS) is 9.55. The van der Waals surface area contributed by atoms with E-state index in [1.54, 1.807) is 6.07 Å². The second-order valence-electron chi connectivity index (χ2n) is 2.70. The number of carbonyl (C=O) groups is 1. The number of nitrogen functional groups attached to an aromatic ring is 1. The van der Waals surface area contributed by atoms with Gasteiger partial charge in [0.05, 0.1) is 0 Å². The summed E-state index contributed by atoms with van der Waals surface area (Å²) in [7, 11) is 1.94. The van der Waals surface area contributed by atoms with Crippen LogP contribution in [0.1, 0.15) is 15.9 Å². The van der Waals surface area contributed by atoms with Gasteiger partial charge in [0, 0.05) is 11.3 Å². The van der Waals surface area contributed by atoms with Crippen LogP contribution in [0.25, 0.3) is 0 Å². The number of carbonyl (C=O) groups excluding carboxylic acids is 1. The standard InChI is InChI=1S/C8H10BNO/c1-5-2-7(9)3-6(4-11)8(5)10/h2-4H,9-10H2,1H3. The number of aryl methyl sites for hydroxylation is 1. The number of rotatable bonds is 1. The highest BCUT2D eigenvalue weighted by molar-refractivity contribution is 6.32. The molecule has 2 N–H and O–H groups in total. The molecule has 3 heteroatoms. The Balaban J connectivity index is 3.35. The van der Waals surface area contributed by atoms with E-state index in [2.05, 4.69) is 0 Å². The molecule has 0 aliphatic heterocycles. The molecule has 1 aromatic carbocycles. The zero-order valence-corrected chi connectivity index (χ0v) is 6.72. The summed E-state index contributed by atoms with van der Waals surface area (Å²) in [5, 5.41) is 0. The van der Waals surface area contributed by atoms with Crippen molar-refractivity contribution in [2.75, 3.05) is 5.73 Å². The van der Waals surface area contributed by atoms with Crippen molar-refractivity contribution < 1.29 is 4.79 Å². The topological polar surface area (TPSA) is 43.1 Å². The number of nitrogens with two attached hydrogens (primary N) is 1. The fourth-order valence-electron chi connectivity index (χ4n) is 1.11. The van der Waals surface area contributed by atoms with E-state index in [4.69, 9.17) is 5.73 Å². The lowest BCUT2D eigenvalue weighted by molar-refractivity contribution is 0.112. The van der Waals surface area contributed by atoms with Gasteiger partial charge in [0.25, 0.3) is 0 Å². The quantitative estimate of drug-likeness (QED) is 0.335. The number of hydrogen-bond donors (Lipinski definition) is 1. The zero-order valence-electron chi connectivity index (χ0n) is 6.72. The van der Waals surface area contributed by atoms with E-state index < -0.39 is 0 Å². The molecule has 0 amide bonds. The number of hydrogen-bond acceptors (Lipinski definition) is 2. The first-order valence-electron chi connectivity index (χ1n) is 3.47. The maximum Gasteiger partial charge on any atom is 0.152 e. The second kappa shape index (κ2) is 2.78. The SMILES string of the molecule is Bc1cc(C)c(N)c(C=O)c1. The van der Waals surface area contributed by atoms with Crippen LogP contribution in [0.2, 0.25) is 0 Å². The van der Waals surface area contributed by atoms with Gasteiger partial charge in [-0.3, -0.25) is 4.79 Å². The van der Waals surface area contributed by atoms with E-state index in [1.807, 2.05) is 20.8 Å². The van der Waals surface area contributed by atoms with E-state index in [9.17, 15) is 4.79 Å². The maximum absolute atomic E-state index is 10.5. The molecule has 0 heterocycles. The lowest BCUT2D eigenvalue weighted by Crippen LogP contribution is -2.07. The second-order valence-corrected chi connectivity index (χ2v) is 2.70. The first kappa shape index (κ1) is 7.86. The van der Waals surface area contributed by atoms with Gasteiger partial charge in [0.1, 0.15) is 7.85 Å². The van der Waals surface area contributed by atoms with Gasteiger partial charge in [-0.15, -0.1) is 0 Å². The van der Waals surface area contributed by atoms with Crippen LogP contribution in [0.5, 0.6) is 0 Å². The van der Waals surface area contributed by atoms with Crippen molar-refractivity contribution in [1.82, 2.24) is 0 Å². The fourth-order valence-corrected chi connectivity index (χ4v) is 1.11. The smallest absolute Gasteiger partial charge is 0.152 e. The summed E-state index contributed by atoms with van der Waals surface area (Å²) in [4.78, 5) is 10.5. The summed E-state index contributed by atoms with van der Waals surface area (Å²) in [6, 6.07) is 3.75. The molecular formula is C8H10BNO. The molecule has 0 aliphatic rings. The highest BCUT2D eigenvalue weighted by Crippen LogP contribution is 2.12. The Morgan fingerprint density at radius 1 is 1.55 bits per heavy atom. The lowest BCUT2D eigenvalue weighted by atomic mass is 9.91. The highest BCUT2D eigenvalue weighted by Gasteiger charge is 2.00. The predicted octanol–water partition coefficient (Wildman–Crippen LogP) is -0.352. The molecule has 0 saturated carbocycles. The molecular weight excluding hydrogens is 137 g/mol. The molecule has 56 valence electrons. The third-order valence-corrected chi connectivity index (χ3v) is 1.69. The fraction of sp³-hybridized carbons (Fsp3) is 0.125. The van der Waals surface area contributed by atoms with Crippen molar-refractivity contribution in [2.45, 2.75) is 6.92 Å². The Morgan fingerprint density at radius 2 is 2.18 bits per heavy atom. The summed E-state index contributed by atoms with van der Waals surface area (Å²) in [5.74, 6) is 0. The molecule has 0 atom stereocenters. The average molecular weight is 147 g/mol. The van der Waals surface area contributed by atoms with Crippen LogP contribution in [0.3, 0.4) is 0 Å². The molecule has 0 unspecified atom stereocenters. The van der Waals surface area contributed by atoms with E-state index >= 15 is 0 Å². The van der Waals surface area contributed by atoms with Crippen molar-refractivity contribution in [2.24, 2.45) is 0 Å². The Morgan fingerprint density at radius 3 is 2.73 bits per heavy atom. The van der Waals surface area contributed by atoms with Crippen LogP contribution >= 0.6 is 0 Å². The van der Waals surface area contributed by atoms with Crippen molar-refractivity contribution in [3.05, 3.63) is 23.3 Å². The highest BCUT2D eigenvalue weighted by atomic mass is 16.1. The van der Waals surface area contributed by atoms with Gasteiger partial charge in [-0.25, -0.2) is 0 Å². The molecule has 0 radical (unpaired) electrons.